The lowest BCUT2D eigenvalue weighted by Crippen LogP contribution is -2.40. The molecule has 0 radical (unpaired) electrons. The van der Waals surface area contributed by atoms with Crippen molar-refractivity contribution in [3.05, 3.63) is 117 Å². The Hall–Kier alpha value is -4.18. The van der Waals surface area contributed by atoms with Gasteiger partial charge in [-0.1, -0.05) is 18.2 Å². The summed E-state index contributed by atoms with van der Waals surface area (Å²) < 4.78 is 42.2. The number of halogens is 3. The van der Waals surface area contributed by atoms with Gasteiger partial charge in [-0.15, -0.1) is 0 Å². The maximum absolute atomic E-state index is 14.3. The lowest BCUT2D eigenvalue weighted by Gasteiger charge is -2.15. The second-order valence-corrected chi connectivity index (χ2v) is 9.21. The quantitative estimate of drug-likeness (QED) is 0.236. The van der Waals surface area contributed by atoms with Crippen LogP contribution in [0.3, 0.4) is 0 Å². The van der Waals surface area contributed by atoms with Gasteiger partial charge in [-0.3, -0.25) is 14.4 Å². The van der Waals surface area contributed by atoms with Crippen LogP contribution in [-0.4, -0.2) is 38.6 Å². The zero-order chi connectivity index (χ0) is 27.4. The summed E-state index contributed by atoms with van der Waals surface area (Å²) in [6, 6.07) is 9.06. The topological polar surface area (TPSA) is 109 Å². The third-order valence-corrected chi connectivity index (χ3v) is 6.38. The number of allylic oxidation sites excluding steroid dienone is 1. The molecule has 1 aliphatic rings. The molecule has 1 aliphatic carbocycles. The lowest BCUT2D eigenvalue weighted by molar-refractivity contribution is -0.121. The molecule has 198 valence electrons. The van der Waals surface area contributed by atoms with Crippen molar-refractivity contribution in [3.8, 4) is 0 Å². The minimum absolute atomic E-state index is 0.0467. The van der Waals surface area contributed by atoms with Gasteiger partial charge >= 0.3 is 0 Å². The molecule has 0 spiro atoms. The first-order valence-electron chi connectivity index (χ1n) is 12.0. The van der Waals surface area contributed by atoms with Crippen molar-refractivity contribution in [2.45, 2.75) is 44.4 Å². The van der Waals surface area contributed by atoms with Crippen LogP contribution in [0, 0.1) is 17.5 Å². The molecule has 1 amide bonds. The molecule has 2 atom stereocenters. The molecule has 3 N–H and O–H groups in total. The number of amides is 1. The number of aliphatic hydroxyl groups is 2. The van der Waals surface area contributed by atoms with Crippen LogP contribution in [0.2, 0.25) is 0 Å². The summed E-state index contributed by atoms with van der Waals surface area (Å²) in [7, 11) is 0. The number of pyridine rings is 1. The van der Waals surface area contributed by atoms with E-state index >= 15 is 0 Å². The fraction of sp³-hybridized carbons (Fsp3) is 0.250. The summed E-state index contributed by atoms with van der Waals surface area (Å²) in [5.74, 6) is -4.91. The molecule has 1 aromatic heterocycles. The average Bonchev–Trinajstić information content (AvgIpc) is 3.28. The van der Waals surface area contributed by atoms with Crippen LogP contribution in [-0.2, 0) is 17.8 Å². The molecular formula is C28H25F3N2O5. The molecule has 1 saturated carbocycles. The van der Waals surface area contributed by atoms with Crippen molar-refractivity contribution < 1.29 is 33.0 Å². The van der Waals surface area contributed by atoms with Gasteiger partial charge in [0, 0.05) is 24.8 Å². The van der Waals surface area contributed by atoms with E-state index in [0.29, 0.717) is 36.5 Å². The molecule has 38 heavy (non-hydrogen) atoms. The first-order chi connectivity index (χ1) is 18.1. The fourth-order valence-corrected chi connectivity index (χ4v) is 4.38. The van der Waals surface area contributed by atoms with E-state index in [1.165, 1.54) is 47.2 Å². The molecule has 4 rings (SSSR count). The van der Waals surface area contributed by atoms with Gasteiger partial charge in [-0.05, 0) is 60.2 Å². The minimum Gasteiger partial charge on any atom is -0.503 e. The number of benzene rings is 2. The van der Waals surface area contributed by atoms with Crippen LogP contribution >= 0.6 is 0 Å². The third kappa shape index (κ3) is 6.38. The number of carbonyl (C=O) groups excluding carboxylic acids is 2. The van der Waals surface area contributed by atoms with E-state index in [0.717, 1.165) is 12.1 Å². The lowest BCUT2D eigenvalue weighted by atomic mass is 10.0. The highest BCUT2D eigenvalue weighted by Gasteiger charge is 2.28. The Morgan fingerprint density at radius 2 is 1.71 bits per heavy atom. The minimum atomic E-state index is -0.972. The van der Waals surface area contributed by atoms with E-state index in [1.54, 1.807) is 0 Å². The van der Waals surface area contributed by atoms with Gasteiger partial charge in [0.1, 0.15) is 17.5 Å². The second kappa shape index (κ2) is 11.5. The fourth-order valence-electron chi connectivity index (χ4n) is 4.38. The molecular weight excluding hydrogens is 501 g/mol. The summed E-state index contributed by atoms with van der Waals surface area (Å²) in [6.07, 6.45) is 2.88. The summed E-state index contributed by atoms with van der Waals surface area (Å²) >= 11 is 0. The number of aliphatic hydroxyl groups excluding tert-OH is 2. The van der Waals surface area contributed by atoms with Crippen molar-refractivity contribution in [2.75, 3.05) is 0 Å². The van der Waals surface area contributed by atoms with Gasteiger partial charge in [0.05, 0.1) is 24.3 Å². The number of aromatic nitrogens is 1. The van der Waals surface area contributed by atoms with Gasteiger partial charge in [-0.2, -0.15) is 0 Å². The Bertz CT molecular complexity index is 1450. The van der Waals surface area contributed by atoms with E-state index in [2.05, 4.69) is 5.32 Å². The smallest absolute Gasteiger partial charge is 0.286 e. The maximum Gasteiger partial charge on any atom is 0.286 e. The molecule has 3 aromatic rings. The Morgan fingerprint density at radius 1 is 1.00 bits per heavy atom. The zero-order valence-electron chi connectivity index (χ0n) is 20.2. The number of nitrogens with zero attached hydrogens (tertiary/aromatic N) is 1. The molecule has 1 heterocycles. The van der Waals surface area contributed by atoms with Crippen LogP contribution in [0.4, 0.5) is 13.2 Å². The Labute approximate surface area is 215 Å². The predicted molar refractivity (Wildman–Crippen MR) is 132 cm³/mol. The van der Waals surface area contributed by atoms with Gasteiger partial charge in [0.2, 0.25) is 0 Å². The van der Waals surface area contributed by atoms with Crippen molar-refractivity contribution in [1.82, 2.24) is 9.88 Å². The van der Waals surface area contributed by atoms with E-state index in [9.17, 15) is 37.8 Å². The summed E-state index contributed by atoms with van der Waals surface area (Å²) in [5.41, 5.74) is -0.160. The van der Waals surface area contributed by atoms with E-state index in [1.807, 2.05) is 0 Å². The maximum atomic E-state index is 14.3. The van der Waals surface area contributed by atoms with E-state index < -0.39 is 58.2 Å². The molecule has 7 nitrogen and oxygen atoms in total. The number of ketones is 1. The van der Waals surface area contributed by atoms with Crippen molar-refractivity contribution in [2.24, 2.45) is 0 Å². The number of nitrogens with one attached hydrogen (secondary N) is 1. The van der Waals surface area contributed by atoms with Crippen LogP contribution < -0.4 is 10.9 Å². The first-order valence-corrected chi connectivity index (χ1v) is 12.0. The number of rotatable bonds is 8. The summed E-state index contributed by atoms with van der Waals surface area (Å²) in [5, 5.41) is 22.5. The molecule has 0 saturated heterocycles. The van der Waals surface area contributed by atoms with Crippen LogP contribution in [0.1, 0.15) is 46.3 Å². The Kier molecular flexibility index (Phi) is 8.11. The van der Waals surface area contributed by atoms with Crippen LogP contribution in [0.15, 0.2) is 71.4 Å². The molecule has 2 aromatic carbocycles. The monoisotopic (exact) mass is 526 g/mol. The predicted octanol–water partition coefficient (Wildman–Crippen LogP) is 3.56. The van der Waals surface area contributed by atoms with Gasteiger partial charge < -0.3 is 20.1 Å². The Morgan fingerprint density at radius 3 is 2.37 bits per heavy atom. The number of hydrogen-bond donors (Lipinski definition) is 3. The highest BCUT2D eigenvalue weighted by molar-refractivity contribution is 6.08. The summed E-state index contributed by atoms with van der Waals surface area (Å²) in [4.78, 5) is 38.5. The largest absolute Gasteiger partial charge is 0.503 e. The third-order valence-electron chi connectivity index (χ3n) is 6.38. The zero-order valence-corrected chi connectivity index (χ0v) is 20.2. The average molecular weight is 527 g/mol. The van der Waals surface area contributed by atoms with Gasteiger partial charge in [-0.25, -0.2) is 13.2 Å². The molecule has 0 bridgehead atoms. The number of carbonyl (C=O) groups is 2. The molecule has 10 heteroatoms. The highest BCUT2D eigenvalue weighted by atomic mass is 19.1. The van der Waals surface area contributed by atoms with Gasteiger partial charge in [0.15, 0.2) is 11.5 Å². The highest BCUT2D eigenvalue weighted by Crippen LogP contribution is 2.19. The second-order valence-electron chi connectivity index (χ2n) is 9.21. The first kappa shape index (κ1) is 26.9. The van der Waals surface area contributed by atoms with Crippen LogP contribution in [0.5, 0.6) is 0 Å². The Balaban J connectivity index is 1.67. The molecule has 0 aliphatic heterocycles. The van der Waals surface area contributed by atoms with Crippen molar-refractivity contribution >= 4 is 11.7 Å². The van der Waals surface area contributed by atoms with Crippen LogP contribution in [0.25, 0.3) is 0 Å². The summed E-state index contributed by atoms with van der Waals surface area (Å²) in [6.45, 7) is -0.0467. The molecule has 0 unspecified atom stereocenters. The normalized spacial score (nSPS) is 17.4. The van der Waals surface area contributed by atoms with Crippen molar-refractivity contribution in [3.63, 3.8) is 0 Å². The number of hydrogen-bond acceptors (Lipinski definition) is 5. The SMILES string of the molecule is O=C(N[C@H]1CCC[C@@H]1O)/C(O)=C/C(=O)c1cc(Cc2ccc(F)cc2F)cn(Cc2ccc(F)cc2)c1=O. The van der Waals surface area contributed by atoms with Crippen molar-refractivity contribution in [1.29, 1.82) is 0 Å². The van der Waals surface area contributed by atoms with E-state index in [-0.39, 0.29) is 18.5 Å². The van der Waals surface area contributed by atoms with Gasteiger partial charge in [0.25, 0.3) is 11.5 Å². The van der Waals surface area contributed by atoms with E-state index in [4.69, 9.17) is 0 Å². The molecule has 1 fully saturated rings. The standard InChI is InChI=1S/C28H25F3N2O5/c29-19-7-4-16(5-8-19)14-33-15-17(10-18-6-9-20(30)12-22(18)31)11-21(28(33)38)25(35)13-26(36)27(37)32-23-2-1-3-24(23)34/h4-9,11-13,15,23-24,34,36H,1-3,10,14H2,(H,32,37)/b26-13-/t23-,24-/m0/s1.